The van der Waals surface area contributed by atoms with E-state index in [0.29, 0.717) is 12.1 Å². The molecule has 0 aromatic heterocycles. The van der Waals surface area contributed by atoms with Crippen molar-refractivity contribution in [2.45, 2.75) is 38.6 Å². The summed E-state index contributed by atoms with van der Waals surface area (Å²) < 4.78 is 23.9. The van der Waals surface area contributed by atoms with Gasteiger partial charge in [-0.3, -0.25) is 4.79 Å². The molecule has 0 saturated heterocycles. The Balaban J connectivity index is 2.62. The predicted octanol–water partition coefficient (Wildman–Crippen LogP) is 0.975. The van der Waals surface area contributed by atoms with E-state index in [1.54, 1.807) is 24.3 Å². The number of nitrogens with two attached hydrogens (primary N) is 1. The van der Waals surface area contributed by atoms with Crippen molar-refractivity contribution < 1.29 is 13.2 Å². The molecule has 20 heavy (non-hydrogen) atoms. The van der Waals surface area contributed by atoms with E-state index in [-0.39, 0.29) is 11.8 Å². The lowest BCUT2D eigenvalue weighted by Crippen LogP contribution is -2.36. The van der Waals surface area contributed by atoms with Crippen LogP contribution in [-0.2, 0) is 26.9 Å². The third-order valence-electron chi connectivity index (χ3n) is 3.02. The Hall–Kier alpha value is -1.40. The van der Waals surface area contributed by atoms with Gasteiger partial charge in [0.15, 0.2) is 9.84 Å². The summed E-state index contributed by atoms with van der Waals surface area (Å²) in [5, 5.41) is 2.66. The molecule has 0 aliphatic carbocycles. The quantitative estimate of drug-likeness (QED) is 0.785. The minimum atomic E-state index is -3.45. The van der Waals surface area contributed by atoms with Crippen LogP contribution in [0.15, 0.2) is 24.3 Å². The van der Waals surface area contributed by atoms with Crippen LogP contribution in [-0.4, -0.2) is 26.1 Å². The molecule has 1 atom stereocenters. The molecule has 1 rings (SSSR count). The molecule has 1 unspecified atom stereocenters. The van der Waals surface area contributed by atoms with E-state index in [4.69, 9.17) is 5.73 Å². The van der Waals surface area contributed by atoms with Gasteiger partial charge >= 0.3 is 0 Å². The molecular weight excluding hydrogens is 276 g/mol. The maximum Gasteiger partial charge on any atom is 0.235 e. The molecule has 0 aliphatic rings. The summed E-state index contributed by atoms with van der Waals surface area (Å²) in [5.74, 6) is -1.06. The number of hydrogen-bond acceptors (Lipinski definition) is 4. The van der Waals surface area contributed by atoms with Crippen LogP contribution in [0, 0.1) is 0 Å². The lowest BCUT2D eigenvalue weighted by atomic mass is 10.1. The van der Waals surface area contributed by atoms with Gasteiger partial charge in [0.05, 0.1) is 5.75 Å². The Morgan fingerprint density at radius 3 is 2.30 bits per heavy atom. The SMILES string of the molecule is CCC(C)NC(=O)CS(=O)(=O)Cc1ccc(CN)cc1. The van der Waals surface area contributed by atoms with Crippen molar-refractivity contribution in [3.63, 3.8) is 0 Å². The predicted molar refractivity (Wildman–Crippen MR) is 79.7 cm³/mol. The van der Waals surface area contributed by atoms with E-state index < -0.39 is 21.5 Å². The summed E-state index contributed by atoms with van der Waals surface area (Å²) in [7, 11) is -3.45. The van der Waals surface area contributed by atoms with Crippen LogP contribution in [0.4, 0.5) is 0 Å². The third kappa shape index (κ3) is 5.71. The second kappa shape index (κ2) is 7.40. The minimum Gasteiger partial charge on any atom is -0.353 e. The lowest BCUT2D eigenvalue weighted by Gasteiger charge is -2.11. The Bertz CT molecular complexity index is 538. The second-order valence-corrected chi connectivity index (χ2v) is 6.99. The van der Waals surface area contributed by atoms with Crippen molar-refractivity contribution in [3.05, 3.63) is 35.4 Å². The topological polar surface area (TPSA) is 89.3 Å². The average molecular weight is 298 g/mol. The van der Waals surface area contributed by atoms with Crippen molar-refractivity contribution in [3.8, 4) is 0 Å². The summed E-state index contributed by atoms with van der Waals surface area (Å²) in [4.78, 5) is 11.6. The van der Waals surface area contributed by atoms with Crippen LogP contribution in [0.5, 0.6) is 0 Å². The molecule has 0 heterocycles. The van der Waals surface area contributed by atoms with Crippen molar-refractivity contribution in [1.82, 2.24) is 5.32 Å². The maximum absolute atomic E-state index is 11.9. The smallest absolute Gasteiger partial charge is 0.235 e. The zero-order chi connectivity index (χ0) is 15.2. The van der Waals surface area contributed by atoms with Crippen LogP contribution in [0.3, 0.4) is 0 Å². The van der Waals surface area contributed by atoms with Gasteiger partial charge < -0.3 is 11.1 Å². The van der Waals surface area contributed by atoms with E-state index in [1.165, 1.54) is 0 Å². The van der Waals surface area contributed by atoms with Gasteiger partial charge in [-0.25, -0.2) is 8.42 Å². The van der Waals surface area contributed by atoms with Crippen LogP contribution >= 0.6 is 0 Å². The van der Waals surface area contributed by atoms with E-state index in [1.807, 2.05) is 13.8 Å². The number of benzene rings is 1. The molecule has 0 fully saturated rings. The molecular formula is C14H22N2O3S. The van der Waals surface area contributed by atoms with E-state index in [2.05, 4.69) is 5.32 Å². The first-order valence-corrected chi connectivity index (χ1v) is 8.46. The van der Waals surface area contributed by atoms with Crippen LogP contribution in [0.2, 0.25) is 0 Å². The molecule has 5 nitrogen and oxygen atoms in total. The molecule has 0 radical (unpaired) electrons. The molecule has 3 N–H and O–H groups in total. The maximum atomic E-state index is 11.9. The third-order valence-corrected chi connectivity index (χ3v) is 4.49. The van der Waals surface area contributed by atoms with Gasteiger partial charge in [0, 0.05) is 12.6 Å². The Morgan fingerprint density at radius 1 is 1.25 bits per heavy atom. The molecule has 1 aromatic carbocycles. The number of amides is 1. The molecule has 0 bridgehead atoms. The number of nitrogens with one attached hydrogen (secondary N) is 1. The van der Waals surface area contributed by atoms with E-state index >= 15 is 0 Å². The number of hydrogen-bond donors (Lipinski definition) is 2. The fourth-order valence-corrected chi connectivity index (χ4v) is 2.98. The summed E-state index contributed by atoms with van der Waals surface area (Å²) in [6.07, 6.45) is 0.770. The van der Waals surface area contributed by atoms with Gasteiger partial charge in [-0.1, -0.05) is 31.2 Å². The van der Waals surface area contributed by atoms with Crippen molar-refractivity contribution in [1.29, 1.82) is 0 Å². The molecule has 112 valence electrons. The Morgan fingerprint density at radius 2 is 1.80 bits per heavy atom. The van der Waals surface area contributed by atoms with Crippen molar-refractivity contribution in [2.75, 3.05) is 5.75 Å². The van der Waals surface area contributed by atoms with Gasteiger partial charge in [0.2, 0.25) is 5.91 Å². The highest BCUT2D eigenvalue weighted by Crippen LogP contribution is 2.09. The number of carbonyl (C=O) groups excluding carboxylic acids is 1. The zero-order valence-electron chi connectivity index (χ0n) is 11.9. The highest BCUT2D eigenvalue weighted by molar-refractivity contribution is 7.91. The standard InChI is InChI=1S/C14H22N2O3S/c1-3-11(2)16-14(17)10-20(18,19)9-13-6-4-12(8-15)5-7-13/h4-7,11H,3,8-10,15H2,1-2H3,(H,16,17). The van der Waals surface area contributed by atoms with Crippen LogP contribution in [0.1, 0.15) is 31.4 Å². The first kappa shape index (κ1) is 16.7. The zero-order valence-corrected chi connectivity index (χ0v) is 12.7. The molecule has 0 saturated carbocycles. The highest BCUT2D eigenvalue weighted by atomic mass is 32.2. The monoisotopic (exact) mass is 298 g/mol. The van der Waals surface area contributed by atoms with Gasteiger partial charge in [0.25, 0.3) is 0 Å². The summed E-state index contributed by atoms with van der Waals surface area (Å²) in [6, 6.07) is 7.04. The Labute approximate surface area is 120 Å². The summed E-state index contributed by atoms with van der Waals surface area (Å²) >= 11 is 0. The first-order valence-electron chi connectivity index (χ1n) is 6.64. The van der Waals surface area contributed by atoms with E-state index in [0.717, 1.165) is 12.0 Å². The minimum absolute atomic E-state index is 0.0125. The second-order valence-electron chi connectivity index (χ2n) is 4.93. The molecule has 1 aromatic rings. The van der Waals surface area contributed by atoms with Crippen molar-refractivity contribution in [2.24, 2.45) is 5.73 Å². The number of carbonyl (C=O) groups is 1. The highest BCUT2D eigenvalue weighted by Gasteiger charge is 2.18. The van der Waals surface area contributed by atoms with E-state index in [9.17, 15) is 13.2 Å². The fourth-order valence-electron chi connectivity index (χ4n) is 1.69. The molecule has 1 amide bonds. The van der Waals surface area contributed by atoms with Crippen LogP contribution in [0.25, 0.3) is 0 Å². The van der Waals surface area contributed by atoms with Crippen molar-refractivity contribution >= 4 is 15.7 Å². The van der Waals surface area contributed by atoms with Gasteiger partial charge in [-0.15, -0.1) is 0 Å². The van der Waals surface area contributed by atoms with Crippen LogP contribution < -0.4 is 11.1 Å². The normalized spacial score (nSPS) is 12.9. The summed E-state index contributed by atoms with van der Waals surface area (Å²) in [6.45, 7) is 4.19. The molecule has 6 heteroatoms. The Kier molecular flexibility index (Phi) is 6.16. The van der Waals surface area contributed by atoms with Gasteiger partial charge in [0.1, 0.15) is 5.75 Å². The lowest BCUT2D eigenvalue weighted by molar-refractivity contribution is -0.119. The van der Waals surface area contributed by atoms with Gasteiger partial charge in [-0.2, -0.15) is 0 Å². The molecule has 0 aliphatic heterocycles. The largest absolute Gasteiger partial charge is 0.353 e. The van der Waals surface area contributed by atoms with Gasteiger partial charge in [-0.05, 0) is 24.5 Å². The summed E-state index contributed by atoms with van der Waals surface area (Å²) in [5.41, 5.74) is 7.09. The fraction of sp³-hybridized carbons (Fsp3) is 0.500. The number of sulfone groups is 1. The number of rotatable bonds is 7. The first-order chi connectivity index (χ1) is 9.36. The average Bonchev–Trinajstić information content (AvgIpc) is 2.38. The molecule has 0 spiro atoms.